The first kappa shape index (κ1) is 19.5. The van der Waals surface area contributed by atoms with E-state index in [2.05, 4.69) is 9.97 Å². The van der Waals surface area contributed by atoms with Crippen molar-refractivity contribution in [2.45, 2.75) is 51.3 Å². The van der Waals surface area contributed by atoms with Crippen LogP contribution >= 0.6 is 23.2 Å². The molecule has 1 amide bonds. The first-order chi connectivity index (χ1) is 13.1. The maximum Gasteiger partial charge on any atom is 0.410 e. The third-order valence-electron chi connectivity index (χ3n) is 5.10. The summed E-state index contributed by atoms with van der Waals surface area (Å²) in [6, 6.07) is 3.21. The molecule has 0 unspecified atom stereocenters. The molecule has 0 radical (unpaired) electrons. The Morgan fingerprint density at radius 1 is 1.18 bits per heavy atom. The fraction of sp³-hybridized carbons (Fsp3) is 0.526. The van der Waals surface area contributed by atoms with Gasteiger partial charge in [0.05, 0.1) is 17.1 Å². The maximum absolute atomic E-state index is 14.4. The molecule has 0 N–H and O–H groups in total. The van der Waals surface area contributed by atoms with Gasteiger partial charge in [-0.25, -0.2) is 14.2 Å². The molecule has 9 heteroatoms. The van der Waals surface area contributed by atoms with E-state index < -0.39 is 11.4 Å². The average molecular weight is 427 g/mol. The second kappa shape index (κ2) is 6.88. The van der Waals surface area contributed by atoms with Crippen LogP contribution in [0.25, 0.3) is 10.9 Å². The maximum atomic E-state index is 14.4. The molecule has 2 aliphatic heterocycles. The van der Waals surface area contributed by atoms with Crippen molar-refractivity contribution in [3.8, 4) is 0 Å². The lowest BCUT2D eigenvalue weighted by Crippen LogP contribution is -2.57. The number of nitrogens with zero attached hydrogens (tertiary/aromatic N) is 4. The lowest BCUT2D eigenvalue weighted by molar-refractivity contribution is 0.0123. The molecule has 1 aromatic heterocycles. The minimum Gasteiger partial charge on any atom is -0.444 e. The van der Waals surface area contributed by atoms with Crippen molar-refractivity contribution in [2.24, 2.45) is 0 Å². The van der Waals surface area contributed by atoms with E-state index in [0.29, 0.717) is 24.3 Å². The second-order valence-corrected chi connectivity index (χ2v) is 9.00. The summed E-state index contributed by atoms with van der Waals surface area (Å²) in [6.45, 7) is 6.72. The van der Waals surface area contributed by atoms with Gasteiger partial charge < -0.3 is 9.64 Å². The number of hydrogen-bond acceptors (Lipinski definition) is 5. The summed E-state index contributed by atoms with van der Waals surface area (Å²) in [6.07, 6.45) is 1.48. The van der Waals surface area contributed by atoms with E-state index in [-0.39, 0.29) is 34.0 Å². The van der Waals surface area contributed by atoms with E-state index in [1.165, 1.54) is 6.07 Å². The smallest absolute Gasteiger partial charge is 0.410 e. The first-order valence-electron chi connectivity index (χ1n) is 9.21. The number of carbonyl (C=O) groups excluding carboxylic acids is 1. The second-order valence-electron chi connectivity index (χ2n) is 8.25. The fourth-order valence-corrected chi connectivity index (χ4v) is 4.34. The van der Waals surface area contributed by atoms with Gasteiger partial charge >= 0.3 is 6.09 Å². The van der Waals surface area contributed by atoms with Crippen LogP contribution in [-0.2, 0) is 4.74 Å². The van der Waals surface area contributed by atoms with Gasteiger partial charge in [0.2, 0.25) is 5.28 Å². The molecule has 4 rings (SSSR count). The molecule has 2 atom stereocenters. The van der Waals surface area contributed by atoms with Gasteiger partial charge in [-0.1, -0.05) is 11.6 Å². The molecule has 0 aliphatic carbocycles. The van der Waals surface area contributed by atoms with Gasteiger partial charge in [0.1, 0.15) is 16.9 Å². The number of aromatic nitrogens is 2. The van der Waals surface area contributed by atoms with Crippen molar-refractivity contribution >= 4 is 46.0 Å². The Morgan fingerprint density at radius 3 is 2.43 bits per heavy atom. The highest BCUT2D eigenvalue weighted by Gasteiger charge is 2.45. The van der Waals surface area contributed by atoms with Crippen molar-refractivity contribution in [1.29, 1.82) is 0 Å². The van der Waals surface area contributed by atoms with E-state index in [1.807, 2.05) is 30.6 Å². The van der Waals surface area contributed by atoms with Crippen molar-refractivity contribution in [3.05, 3.63) is 28.3 Å². The summed E-state index contributed by atoms with van der Waals surface area (Å²) in [5.41, 5.74) is -0.440. The molecule has 2 aliphatic rings. The molecule has 0 spiro atoms. The Labute approximate surface area is 172 Å². The lowest BCUT2D eigenvalue weighted by atomic mass is 10.1. The van der Waals surface area contributed by atoms with Gasteiger partial charge in [-0.2, -0.15) is 4.98 Å². The average Bonchev–Trinajstić information content (AvgIpc) is 2.87. The summed E-state index contributed by atoms with van der Waals surface area (Å²) in [7, 11) is 0. The zero-order chi connectivity index (χ0) is 20.2. The molecule has 1 aromatic carbocycles. The van der Waals surface area contributed by atoms with Crippen LogP contribution in [0.5, 0.6) is 0 Å². The first-order valence-corrected chi connectivity index (χ1v) is 9.97. The highest BCUT2D eigenvalue weighted by molar-refractivity contribution is 6.32. The van der Waals surface area contributed by atoms with Gasteiger partial charge in [-0.05, 0) is 57.3 Å². The number of amides is 1. The minimum absolute atomic E-state index is 0.00883. The largest absolute Gasteiger partial charge is 0.444 e. The predicted molar refractivity (Wildman–Crippen MR) is 107 cm³/mol. The third kappa shape index (κ3) is 3.46. The Bertz CT molecular complexity index is 936. The number of anilines is 1. The van der Waals surface area contributed by atoms with Gasteiger partial charge in [0, 0.05) is 18.5 Å². The molecule has 3 heterocycles. The number of piperazine rings is 1. The van der Waals surface area contributed by atoms with Gasteiger partial charge in [-0.3, -0.25) is 4.90 Å². The van der Waals surface area contributed by atoms with Gasteiger partial charge in [0.25, 0.3) is 0 Å². The monoisotopic (exact) mass is 426 g/mol. The Hall–Kier alpha value is -1.86. The molecule has 2 saturated heterocycles. The molecule has 6 nitrogen and oxygen atoms in total. The van der Waals surface area contributed by atoms with Gasteiger partial charge in [0.15, 0.2) is 5.82 Å². The molecular formula is C19H21Cl2FN4O2. The number of halogens is 3. The number of hydrogen-bond donors (Lipinski definition) is 0. The molecule has 2 aromatic rings. The van der Waals surface area contributed by atoms with Crippen LogP contribution in [-0.4, -0.2) is 51.7 Å². The molecular weight excluding hydrogens is 406 g/mol. The van der Waals surface area contributed by atoms with Gasteiger partial charge in [-0.15, -0.1) is 0 Å². The number of fused-ring (bicyclic) bond motifs is 3. The highest BCUT2D eigenvalue weighted by Crippen LogP contribution is 2.37. The van der Waals surface area contributed by atoms with E-state index in [0.717, 1.165) is 12.8 Å². The normalized spacial score (nSPS) is 22.1. The summed E-state index contributed by atoms with van der Waals surface area (Å²) in [4.78, 5) is 24.9. The van der Waals surface area contributed by atoms with E-state index in [4.69, 9.17) is 27.9 Å². The number of rotatable bonds is 1. The van der Waals surface area contributed by atoms with Crippen molar-refractivity contribution in [1.82, 2.24) is 14.9 Å². The molecule has 2 bridgehead atoms. The van der Waals surface area contributed by atoms with Crippen LogP contribution in [0, 0.1) is 5.82 Å². The van der Waals surface area contributed by atoms with Crippen molar-refractivity contribution in [3.63, 3.8) is 0 Å². The zero-order valence-electron chi connectivity index (χ0n) is 15.9. The minimum atomic E-state index is -0.611. The number of carbonyl (C=O) groups is 1. The third-order valence-corrected chi connectivity index (χ3v) is 5.56. The molecule has 28 heavy (non-hydrogen) atoms. The number of ether oxygens (including phenoxy) is 1. The molecule has 2 fully saturated rings. The highest BCUT2D eigenvalue weighted by atomic mass is 35.5. The Balaban J connectivity index is 1.65. The Morgan fingerprint density at radius 2 is 1.82 bits per heavy atom. The van der Waals surface area contributed by atoms with E-state index in [1.54, 1.807) is 6.07 Å². The standard InChI is InChI=1S/C19H21Cl2FN4O2/c1-19(2,3)28-18(27)26-10-4-5-11(26)9-25(8-10)16-12-6-7-13(20)14(22)15(12)23-17(21)24-16/h6-7,10-11H,4-5,8-9H2,1-3H3/t10-,11+. The van der Waals surface area contributed by atoms with Crippen molar-refractivity contribution in [2.75, 3.05) is 18.0 Å². The van der Waals surface area contributed by atoms with E-state index >= 15 is 0 Å². The quantitative estimate of drug-likeness (QED) is 0.620. The number of benzene rings is 1. The van der Waals surface area contributed by atoms with E-state index in [9.17, 15) is 9.18 Å². The summed E-state index contributed by atoms with van der Waals surface area (Å²) in [5.74, 6) is -0.0496. The summed E-state index contributed by atoms with van der Waals surface area (Å²) >= 11 is 12.0. The van der Waals surface area contributed by atoms with Crippen LogP contribution in [0.1, 0.15) is 33.6 Å². The SMILES string of the molecule is CC(C)(C)OC(=O)N1[C@@H]2CC[C@H]1CN(c1nc(Cl)nc3c(F)c(Cl)ccc13)C2. The van der Waals surface area contributed by atoms with Crippen molar-refractivity contribution < 1.29 is 13.9 Å². The molecule has 150 valence electrons. The zero-order valence-corrected chi connectivity index (χ0v) is 17.4. The molecule has 0 saturated carbocycles. The lowest BCUT2D eigenvalue weighted by Gasteiger charge is -2.42. The van der Waals surface area contributed by atoms with Crippen LogP contribution < -0.4 is 4.90 Å². The summed E-state index contributed by atoms with van der Waals surface area (Å²) in [5, 5.41) is 0.505. The topological polar surface area (TPSA) is 58.6 Å². The predicted octanol–water partition coefficient (Wildman–Crippen LogP) is 4.66. The Kier molecular flexibility index (Phi) is 4.78. The van der Waals surface area contributed by atoms with Crippen LogP contribution in [0.4, 0.5) is 15.0 Å². The fourth-order valence-electron chi connectivity index (χ4n) is 4.02. The van der Waals surface area contributed by atoms with Crippen LogP contribution in [0.2, 0.25) is 10.3 Å². The van der Waals surface area contributed by atoms with Crippen LogP contribution in [0.15, 0.2) is 12.1 Å². The van der Waals surface area contributed by atoms with Crippen LogP contribution in [0.3, 0.4) is 0 Å². The summed E-state index contributed by atoms with van der Waals surface area (Å²) < 4.78 is 20.0.